The van der Waals surface area contributed by atoms with Gasteiger partial charge in [-0.25, -0.2) is 4.57 Å². The molecule has 0 aliphatic rings. The summed E-state index contributed by atoms with van der Waals surface area (Å²) < 4.78 is 32.9. The quantitative estimate of drug-likeness (QED) is 0.0264. The smallest absolute Gasteiger partial charge is 0.462 e. The number of allylic oxidation sites excluding steroid dienone is 34. The molecule has 0 saturated heterocycles. The van der Waals surface area contributed by atoms with Gasteiger partial charge in [-0.05, 0) is 141 Å². The molecule has 0 aromatic carbocycles. The zero-order valence-electron chi connectivity index (χ0n) is 48.7. The number of carbonyl (C=O) groups is 2. The summed E-state index contributed by atoms with van der Waals surface area (Å²) in [7, 11) is -4.42. The van der Waals surface area contributed by atoms with Crippen molar-refractivity contribution in [1.29, 1.82) is 0 Å². The molecule has 0 heterocycles. The fourth-order valence-corrected chi connectivity index (χ4v) is 7.65. The first kappa shape index (κ1) is 73.6. The lowest BCUT2D eigenvalue weighted by Gasteiger charge is -2.19. The summed E-state index contributed by atoms with van der Waals surface area (Å²) in [5, 5.41) is 0. The summed E-state index contributed by atoms with van der Waals surface area (Å²) in [6, 6.07) is 0. The molecule has 0 aromatic heterocycles. The van der Waals surface area contributed by atoms with Gasteiger partial charge in [-0.3, -0.25) is 18.6 Å². The maximum atomic E-state index is 12.7. The van der Waals surface area contributed by atoms with Crippen LogP contribution in [0.3, 0.4) is 0 Å². The number of phosphoric acid groups is 1. The van der Waals surface area contributed by atoms with E-state index < -0.39 is 32.5 Å². The van der Waals surface area contributed by atoms with Crippen molar-refractivity contribution in [1.82, 2.24) is 0 Å². The molecule has 0 saturated carbocycles. The zero-order chi connectivity index (χ0) is 57.3. The van der Waals surface area contributed by atoms with Crippen molar-refractivity contribution in [3.05, 3.63) is 207 Å². The van der Waals surface area contributed by atoms with E-state index in [1.807, 2.05) is 6.08 Å². The molecule has 0 spiro atoms. The van der Waals surface area contributed by atoms with Gasteiger partial charge in [0.2, 0.25) is 0 Å². The van der Waals surface area contributed by atoms with Crippen LogP contribution in [-0.2, 0) is 32.7 Å². The third kappa shape index (κ3) is 61.7. The maximum absolute atomic E-state index is 12.7. The fraction of sp³-hybridized carbons (Fsp3) is 0.478. The summed E-state index contributed by atoms with van der Waals surface area (Å²) in [5.74, 6) is -0.947. The molecule has 0 rings (SSSR count). The number of rotatable bonds is 52. The Labute approximate surface area is 480 Å². The molecule has 0 amide bonds. The minimum atomic E-state index is -4.42. The Morgan fingerprint density at radius 2 is 0.671 bits per heavy atom. The van der Waals surface area contributed by atoms with Crippen LogP contribution in [0, 0.1) is 0 Å². The Balaban J connectivity index is 4.13. The summed E-state index contributed by atoms with van der Waals surface area (Å²) in [5.41, 5.74) is 5.37. The summed E-state index contributed by atoms with van der Waals surface area (Å²) in [4.78, 5) is 35.1. The van der Waals surface area contributed by atoms with E-state index in [-0.39, 0.29) is 32.6 Å². The predicted octanol–water partition coefficient (Wildman–Crippen LogP) is 19.2. The molecule has 0 aliphatic heterocycles. The second-order valence-electron chi connectivity index (χ2n) is 18.4. The second kappa shape index (κ2) is 61.8. The number of carbonyl (C=O) groups excluding carboxylic acids is 2. The highest BCUT2D eigenvalue weighted by atomic mass is 31.2. The standard InChI is InChI=1S/C69H104NO8P/c1-3-5-7-9-11-13-15-17-19-21-22-23-24-25-26-27-28-29-30-31-32-33-34-35-36-37-38-39-40-41-42-43-44-46-48-50-52-54-56-58-60-62-69(72)78-67(66-77-79(73,74)76-64-63-70)65-75-68(71)61-59-57-55-53-51-49-47-45-20-18-16-14-12-10-8-6-4-2/h5-8,11-14,17-20,22-23,25-26,28-29,31-32,34-35,37-38,40-41,43-44,47-50,53,55,67H,3-4,9-10,15-16,21,24,27,30,33,36,39,42,45-46,51-52,54,56-66,70H2,1-2H3,(H,73,74)/b7-5-,8-6-,13-11-,14-12-,19-17-,20-18-,23-22-,26-25-,29-28-,32-31-,35-34-,38-37-,41-40-,44-43-,49-47-,50-48-,55-53-. The van der Waals surface area contributed by atoms with E-state index in [2.05, 4.69) is 214 Å². The van der Waals surface area contributed by atoms with Crippen molar-refractivity contribution in [3.63, 3.8) is 0 Å². The van der Waals surface area contributed by atoms with E-state index in [9.17, 15) is 19.0 Å². The normalized spacial score (nSPS) is 14.5. The molecular formula is C69H104NO8P. The van der Waals surface area contributed by atoms with Gasteiger partial charge >= 0.3 is 19.8 Å². The lowest BCUT2D eigenvalue weighted by Crippen LogP contribution is -2.29. The molecule has 0 aromatic rings. The van der Waals surface area contributed by atoms with Crippen molar-refractivity contribution >= 4 is 19.8 Å². The summed E-state index contributed by atoms with van der Waals surface area (Å²) >= 11 is 0. The van der Waals surface area contributed by atoms with Crippen molar-refractivity contribution in [3.8, 4) is 0 Å². The number of hydrogen-bond donors (Lipinski definition) is 2. The van der Waals surface area contributed by atoms with Gasteiger partial charge in [0.05, 0.1) is 13.2 Å². The number of esters is 2. The lowest BCUT2D eigenvalue weighted by atomic mass is 10.1. The van der Waals surface area contributed by atoms with Gasteiger partial charge < -0.3 is 20.1 Å². The molecule has 0 bridgehead atoms. The second-order valence-corrected chi connectivity index (χ2v) is 19.8. The zero-order valence-corrected chi connectivity index (χ0v) is 49.6. The van der Waals surface area contributed by atoms with Gasteiger partial charge in [0.25, 0.3) is 0 Å². The molecule has 0 radical (unpaired) electrons. The van der Waals surface area contributed by atoms with Crippen LogP contribution in [0.5, 0.6) is 0 Å². The Morgan fingerprint density at radius 3 is 1.00 bits per heavy atom. The molecule has 2 atom stereocenters. The monoisotopic (exact) mass is 1110 g/mol. The van der Waals surface area contributed by atoms with E-state index in [1.54, 1.807) is 0 Å². The van der Waals surface area contributed by atoms with E-state index in [0.717, 1.165) is 135 Å². The Kier molecular flexibility index (Phi) is 57.6. The van der Waals surface area contributed by atoms with Gasteiger partial charge in [-0.1, -0.05) is 233 Å². The average Bonchev–Trinajstić information content (AvgIpc) is 3.44. The maximum Gasteiger partial charge on any atom is 0.472 e. The van der Waals surface area contributed by atoms with E-state index in [4.69, 9.17) is 24.3 Å². The van der Waals surface area contributed by atoms with Crippen LogP contribution < -0.4 is 5.73 Å². The largest absolute Gasteiger partial charge is 0.472 e. The molecule has 438 valence electrons. The lowest BCUT2D eigenvalue weighted by molar-refractivity contribution is -0.161. The summed E-state index contributed by atoms with van der Waals surface area (Å²) in [6.45, 7) is 3.37. The van der Waals surface area contributed by atoms with E-state index >= 15 is 0 Å². The average molecular weight is 1110 g/mol. The number of unbranched alkanes of at least 4 members (excludes halogenated alkanes) is 5. The van der Waals surface area contributed by atoms with Crippen molar-refractivity contribution in [2.45, 2.75) is 187 Å². The van der Waals surface area contributed by atoms with Gasteiger partial charge in [0.15, 0.2) is 6.10 Å². The first-order chi connectivity index (χ1) is 38.8. The van der Waals surface area contributed by atoms with Crippen LogP contribution in [0.25, 0.3) is 0 Å². The van der Waals surface area contributed by atoms with Crippen molar-refractivity contribution in [2.24, 2.45) is 5.73 Å². The number of nitrogens with two attached hydrogens (primary N) is 1. The molecule has 2 unspecified atom stereocenters. The summed E-state index contributed by atoms with van der Waals surface area (Å²) in [6.07, 6.45) is 96.1. The highest BCUT2D eigenvalue weighted by Gasteiger charge is 2.26. The molecule has 79 heavy (non-hydrogen) atoms. The van der Waals surface area contributed by atoms with Crippen LogP contribution in [0.4, 0.5) is 0 Å². The topological polar surface area (TPSA) is 134 Å². The highest BCUT2D eigenvalue weighted by molar-refractivity contribution is 7.47. The molecular weight excluding hydrogens is 1000 g/mol. The van der Waals surface area contributed by atoms with Crippen LogP contribution in [-0.4, -0.2) is 49.3 Å². The third-order valence-corrected chi connectivity index (χ3v) is 12.1. The number of hydrogen-bond acceptors (Lipinski definition) is 8. The first-order valence-corrected chi connectivity index (χ1v) is 31.1. The molecule has 0 fully saturated rings. The molecule has 9 nitrogen and oxygen atoms in total. The van der Waals surface area contributed by atoms with Gasteiger partial charge in [0.1, 0.15) is 6.61 Å². The minimum Gasteiger partial charge on any atom is -0.462 e. The molecule has 3 N–H and O–H groups in total. The van der Waals surface area contributed by atoms with Gasteiger partial charge in [-0.2, -0.15) is 0 Å². The molecule has 0 aliphatic carbocycles. The third-order valence-electron chi connectivity index (χ3n) is 11.2. The van der Waals surface area contributed by atoms with Crippen LogP contribution >= 0.6 is 7.82 Å². The fourth-order valence-electron chi connectivity index (χ4n) is 6.89. The van der Waals surface area contributed by atoms with Crippen molar-refractivity contribution < 1.29 is 37.6 Å². The Hall–Kier alpha value is -5.41. The minimum absolute atomic E-state index is 0.0294. The van der Waals surface area contributed by atoms with Crippen LogP contribution in [0.2, 0.25) is 0 Å². The first-order valence-electron chi connectivity index (χ1n) is 29.6. The SMILES string of the molecule is CC/C=C\C/C=C\C/C=C\C/C=C\C/C=C\C/C=C\C/C=C\C/C=C\C/C=C\C/C=C\C/C=C\C/C=C\CCCCCCC(=O)OC(COC(=O)CCC/C=C\C/C=C\C/C=C\C/C=C\C/C=C\CC)COP(=O)(O)OCCN. The highest BCUT2D eigenvalue weighted by Crippen LogP contribution is 2.43. The number of ether oxygens (including phenoxy) is 2. The van der Waals surface area contributed by atoms with Crippen molar-refractivity contribution in [2.75, 3.05) is 26.4 Å². The molecule has 10 heteroatoms. The van der Waals surface area contributed by atoms with Gasteiger partial charge in [-0.15, -0.1) is 0 Å². The Bertz CT molecular complexity index is 2040. The van der Waals surface area contributed by atoms with Crippen LogP contribution in [0.15, 0.2) is 207 Å². The van der Waals surface area contributed by atoms with E-state index in [0.29, 0.717) is 19.3 Å². The van der Waals surface area contributed by atoms with Gasteiger partial charge in [0, 0.05) is 19.4 Å². The number of phosphoric ester groups is 1. The predicted molar refractivity (Wildman–Crippen MR) is 338 cm³/mol. The Morgan fingerprint density at radius 1 is 0.380 bits per heavy atom. The van der Waals surface area contributed by atoms with Crippen LogP contribution in [0.1, 0.15) is 181 Å². The van der Waals surface area contributed by atoms with E-state index in [1.165, 1.54) is 0 Å².